The molecule has 11 heteroatoms. The minimum atomic E-state index is -4.76. The molecule has 3 aromatic heterocycles. The number of amides is 1. The Morgan fingerprint density at radius 1 is 1.09 bits per heavy atom. The Balaban J connectivity index is 1.40. The molecule has 6 nitrogen and oxygen atoms in total. The Morgan fingerprint density at radius 2 is 1.86 bits per heavy atom. The lowest BCUT2D eigenvalue weighted by Gasteiger charge is -2.11. The van der Waals surface area contributed by atoms with E-state index < -0.39 is 23.6 Å². The molecule has 2 N–H and O–H groups in total. The summed E-state index contributed by atoms with van der Waals surface area (Å²) in [6.07, 6.45) is -2.47. The second-order valence-electron chi connectivity index (χ2n) is 7.84. The van der Waals surface area contributed by atoms with Gasteiger partial charge in [-0.2, -0.15) is 18.3 Å². The van der Waals surface area contributed by atoms with Gasteiger partial charge in [0.1, 0.15) is 5.82 Å². The SMILES string of the molecule is O=C(NCCc1c[nH]c2ccc(Cl)cc12)c1cc2nc(-c3ccc(F)cc3)cc(C(F)(F)F)n2n1. The van der Waals surface area contributed by atoms with E-state index in [-0.39, 0.29) is 23.6 Å². The molecule has 35 heavy (non-hydrogen) atoms. The van der Waals surface area contributed by atoms with Crippen LogP contribution in [0.3, 0.4) is 0 Å². The van der Waals surface area contributed by atoms with Crippen molar-refractivity contribution in [2.45, 2.75) is 12.6 Å². The molecule has 0 bridgehead atoms. The molecule has 3 heterocycles. The second-order valence-corrected chi connectivity index (χ2v) is 8.28. The molecule has 178 valence electrons. The first-order valence-corrected chi connectivity index (χ1v) is 10.8. The van der Waals surface area contributed by atoms with E-state index in [1.54, 1.807) is 6.07 Å². The number of rotatable bonds is 5. The first-order valence-electron chi connectivity index (χ1n) is 10.5. The Hall–Kier alpha value is -3.92. The summed E-state index contributed by atoms with van der Waals surface area (Å²) in [6.45, 7) is 0.229. The summed E-state index contributed by atoms with van der Waals surface area (Å²) in [6, 6.07) is 12.3. The van der Waals surface area contributed by atoms with Crippen molar-refractivity contribution in [3.05, 3.63) is 88.6 Å². The molecule has 0 aliphatic heterocycles. The van der Waals surface area contributed by atoms with Crippen molar-refractivity contribution >= 4 is 34.1 Å². The maximum absolute atomic E-state index is 13.7. The average Bonchev–Trinajstić information content (AvgIpc) is 3.42. The summed E-state index contributed by atoms with van der Waals surface area (Å²) in [5.41, 5.74) is 0.648. The van der Waals surface area contributed by atoms with E-state index >= 15 is 0 Å². The van der Waals surface area contributed by atoms with Crippen LogP contribution < -0.4 is 5.32 Å². The highest BCUT2D eigenvalue weighted by molar-refractivity contribution is 6.31. The van der Waals surface area contributed by atoms with E-state index in [2.05, 4.69) is 20.4 Å². The van der Waals surface area contributed by atoms with Gasteiger partial charge < -0.3 is 10.3 Å². The summed E-state index contributed by atoms with van der Waals surface area (Å²) >= 11 is 6.06. The third-order valence-electron chi connectivity index (χ3n) is 5.50. The van der Waals surface area contributed by atoms with Crippen LogP contribution in [-0.2, 0) is 12.6 Å². The van der Waals surface area contributed by atoms with Crippen molar-refractivity contribution in [3.8, 4) is 11.3 Å². The fourth-order valence-corrected chi connectivity index (χ4v) is 3.99. The lowest BCUT2D eigenvalue weighted by atomic mass is 10.1. The first kappa shape index (κ1) is 22.9. The van der Waals surface area contributed by atoms with Gasteiger partial charge in [0.05, 0.1) is 5.69 Å². The lowest BCUT2D eigenvalue weighted by molar-refractivity contribution is -0.142. The van der Waals surface area contributed by atoms with Crippen LogP contribution in [0.5, 0.6) is 0 Å². The van der Waals surface area contributed by atoms with Crippen LogP contribution in [0.4, 0.5) is 17.6 Å². The summed E-state index contributed by atoms with van der Waals surface area (Å²) in [4.78, 5) is 20.0. The van der Waals surface area contributed by atoms with Crippen molar-refractivity contribution in [1.29, 1.82) is 0 Å². The van der Waals surface area contributed by atoms with Gasteiger partial charge in [0, 0.05) is 40.3 Å². The van der Waals surface area contributed by atoms with E-state index in [9.17, 15) is 22.4 Å². The summed E-state index contributed by atoms with van der Waals surface area (Å²) in [5.74, 6) is -1.16. The molecular weight excluding hydrogens is 486 g/mol. The van der Waals surface area contributed by atoms with E-state index in [0.29, 0.717) is 21.5 Å². The number of aromatic nitrogens is 4. The zero-order valence-electron chi connectivity index (χ0n) is 17.8. The number of H-pyrrole nitrogens is 1. The monoisotopic (exact) mass is 501 g/mol. The Bertz CT molecular complexity index is 1560. The third-order valence-corrected chi connectivity index (χ3v) is 5.73. The lowest BCUT2D eigenvalue weighted by Crippen LogP contribution is -2.26. The van der Waals surface area contributed by atoms with Gasteiger partial charge in [-0.1, -0.05) is 11.6 Å². The highest BCUT2D eigenvalue weighted by Gasteiger charge is 2.35. The number of carbonyl (C=O) groups excluding carboxylic acids is 1. The van der Waals surface area contributed by atoms with E-state index in [0.717, 1.165) is 34.7 Å². The zero-order chi connectivity index (χ0) is 24.7. The Morgan fingerprint density at radius 3 is 2.60 bits per heavy atom. The molecule has 5 rings (SSSR count). The van der Waals surface area contributed by atoms with Gasteiger partial charge in [0.15, 0.2) is 17.0 Å². The van der Waals surface area contributed by atoms with Gasteiger partial charge >= 0.3 is 6.18 Å². The molecule has 0 aliphatic carbocycles. The molecular formula is C24H16ClF4N5O. The first-order chi connectivity index (χ1) is 16.7. The molecule has 0 fully saturated rings. The number of hydrogen-bond donors (Lipinski definition) is 2. The fourth-order valence-electron chi connectivity index (χ4n) is 3.81. The minimum Gasteiger partial charge on any atom is -0.361 e. The second kappa shape index (κ2) is 8.70. The molecule has 0 saturated heterocycles. The number of carbonyl (C=O) groups is 1. The zero-order valence-corrected chi connectivity index (χ0v) is 18.6. The van der Waals surface area contributed by atoms with Crippen LogP contribution in [0, 0.1) is 5.82 Å². The van der Waals surface area contributed by atoms with E-state index in [4.69, 9.17) is 11.6 Å². The molecule has 0 atom stereocenters. The number of alkyl halides is 3. The smallest absolute Gasteiger partial charge is 0.361 e. The predicted octanol–water partition coefficient (Wildman–Crippen LogP) is 5.66. The maximum Gasteiger partial charge on any atom is 0.433 e. The van der Waals surface area contributed by atoms with Crippen molar-refractivity contribution in [1.82, 2.24) is 24.9 Å². The Kier molecular flexibility index (Phi) is 5.68. The van der Waals surface area contributed by atoms with Crippen molar-refractivity contribution in [2.24, 2.45) is 0 Å². The van der Waals surface area contributed by atoms with Gasteiger partial charge in [-0.3, -0.25) is 4.79 Å². The van der Waals surface area contributed by atoms with Gasteiger partial charge in [-0.15, -0.1) is 0 Å². The van der Waals surface area contributed by atoms with Crippen molar-refractivity contribution in [3.63, 3.8) is 0 Å². The standard InChI is InChI=1S/C24H16ClF4N5O/c25-15-3-6-18-17(9-15)14(12-31-18)7-8-30-23(35)20-11-22-32-19(13-1-4-16(26)5-2-13)10-21(24(27,28)29)34(22)33-20/h1-6,9-12,31H,7-8H2,(H,30,35). The minimum absolute atomic E-state index is 0.0188. The number of aromatic amines is 1. The fraction of sp³-hybridized carbons (Fsp3) is 0.125. The van der Waals surface area contributed by atoms with E-state index in [1.165, 1.54) is 18.2 Å². The molecule has 0 saturated carbocycles. The number of nitrogens with zero attached hydrogens (tertiary/aromatic N) is 3. The molecule has 0 spiro atoms. The molecule has 0 aliphatic rings. The molecule has 0 unspecified atom stereocenters. The van der Waals surface area contributed by atoms with Crippen molar-refractivity contribution < 1.29 is 22.4 Å². The summed E-state index contributed by atoms with van der Waals surface area (Å²) in [7, 11) is 0. The van der Waals surface area contributed by atoms with Gasteiger partial charge in [0.2, 0.25) is 0 Å². The largest absolute Gasteiger partial charge is 0.433 e. The number of halogens is 5. The number of benzene rings is 2. The van der Waals surface area contributed by atoms with Gasteiger partial charge in [-0.05, 0) is 60.5 Å². The quantitative estimate of drug-likeness (QED) is 0.305. The predicted molar refractivity (Wildman–Crippen MR) is 123 cm³/mol. The third kappa shape index (κ3) is 4.57. The van der Waals surface area contributed by atoms with Crippen molar-refractivity contribution in [2.75, 3.05) is 6.54 Å². The van der Waals surface area contributed by atoms with Crippen LogP contribution in [0.1, 0.15) is 21.7 Å². The van der Waals surface area contributed by atoms with Crippen LogP contribution in [0.25, 0.3) is 27.8 Å². The Labute approximate surface area is 200 Å². The normalized spacial score (nSPS) is 11.9. The molecule has 0 radical (unpaired) electrons. The van der Waals surface area contributed by atoms with Crippen LogP contribution in [-0.4, -0.2) is 32.0 Å². The summed E-state index contributed by atoms with van der Waals surface area (Å²) < 4.78 is 55.0. The topological polar surface area (TPSA) is 75.1 Å². The van der Waals surface area contributed by atoms with Gasteiger partial charge in [0.25, 0.3) is 5.91 Å². The summed E-state index contributed by atoms with van der Waals surface area (Å²) in [5, 5.41) is 8.03. The molecule has 5 aromatic rings. The van der Waals surface area contributed by atoms with Gasteiger partial charge in [-0.25, -0.2) is 13.9 Å². The average molecular weight is 502 g/mol. The van der Waals surface area contributed by atoms with Crippen LogP contribution in [0.2, 0.25) is 5.02 Å². The van der Waals surface area contributed by atoms with Crippen LogP contribution >= 0.6 is 11.6 Å². The highest BCUT2D eigenvalue weighted by atomic mass is 35.5. The van der Waals surface area contributed by atoms with Crippen LogP contribution in [0.15, 0.2) is 60.8 Å². The van der Waals surface area contributed by atoms with E-state index in [1.807, 2.05) is 18.3 Å². The highest BCUT2D eigenvalue weighted by Crippen LogP contribution is 2.32. The number of fused-ring (bicyclic) bond motifs is 2. The maximum atomic E-state index is 13.7. The number of hydrogen-bond acceptors (Lipinski definition) is 3. The molecule has 2 aromatic carbocycles. The number of nitrogens with one attached hydrogen (secondary N) is 2. The molecule has 1 amide bonds.